The first kappa shape index (κ1) is 16.0. The number of rotatable bonds is 3. The van der Waals surface area contributed by atoms with Crippen LogP contribution in [0.5, 0.6) is 0 Å². The van der Waals surface area contributed by atoms with E-state index in [-0.39, 0.29) is 24.5 Å². The summed E-state index contributed by atoms with van der Waals surface area (Å²) in [6.45, 7) is 1.46. The third kappa shape index (κ3) is 2.84. The van der Waals surface area contributed by atoms with Gasteiger partial charge in [-0.05, 0) is 26.6 Å². The second-order valence-corrected chi connectivity index (χ2v) is 6.50. The number of carbonyl (C=O) groups is 1. The molecule has 124 valence electrons. The molecule has 1 N–H and O–H groups in total. The van der Waals surface area contributed by atoms with Gasteiger partial charge in [0.2, 0.25) is 0 Å². The molecule has 1 fully saturated rings. The lowest BCUT2D eigenvalue weighted by atomic mass is 9.91. The van der Waals surface area contributed by atoms with E-state index < -0.39 is 0 Å². The molecule has 0 unspecified atom stereocenters. The Hall–Kier alpha value is -1.92. The van der Waals surface area contributed by atoms with Crippen LogP contribution >= 0.6 is 0 Å². The Bertz CT molecular complexity index is 710. The number of hydrogen-bond donors (Lipinski definition) is 1. The van der Waals surface area contributed by atoms with Crippen LogP contribution < -0.4 is 0 Å². The molecule has 3 rings (SSSR count). The van der Waals surface area contributed by atoms with Gasteiger partial charge in [0.1, 0.15) is 0 Å². The molecular formula is C17H24N4O2. The van der Waals surface area contributed by atoms with Crippen LogP contribution in [0, 0.1) is 5.92 Å². The SMILES string of the molecule is CN(C)[C@@H]1CN(C(=O)c2nn(C)c3ccccc23)CC[C@@H]1CO. The number of carbonyl (C=O) groups excluding carboxylic acids is 1. The first-order chi connectivity index (χ1) is 11.0. The molecule has 6 nitrogen and oxygen atoms in total. The standard InChI is InChI=1S/C17H24N4O2/c1-19(2)15-10-21(9-8-12(15)11-22)17(23)16-13-6-4-5-7-14(13)20(3)18-16/h4-7,12,15,22H,8-11H2,1-3H3/t12-,15-/m1/s1. The number of aromatic nitrogens is 2. The van der Waals surface area contributed by atoms with Crippen molar-refractivity contribution in [3.8, 4) is 0 Å². The lowest BCUT2D eigenvalue weighted by Crippen LogP contribution is -2.53. The van der Waals surface area contributed by atoms with Crippen LogP contribution in [0.4, 0.5) is 0 Å². The van der Waals surface area contributed by atoms with E-state index in [0.717, 1.165) is 17.3 Å². The van der Waals surface area contributed by atoms with Gasteiger partial charge in [-0.25, -0.2) is 0 Å². The van der Waals surface area contributed by atoms with E-state index in [4.69, 9.17) is 0 Å². The summed E-state index contributed by atoms with van der Waals surface area (Å²) in [5, 5.41) is 14.9. The molecule has 0 radical (unpaired) electrons. The lowest BCUT2D eigenvalue weighted by Gasteiger charge is -2.40. The highest BCUT2D eigenvalue weighted by molar-refractivity contribution is 6.04. The van der Waals surface area contributed by atoms with Gasteiger partial charge in [-0.2, -0.15) is 5.10 Å². The predicted octanol–water partition coefficient (Wildman–Crippen LogP) is 0.958. The number of likely N-dealkylation sites (tertiary alicyclic amines) is 1. The van der Waals surface area contributed by atoms with Crippen molar-refractivity contribution >= 4 is 16.8 Å². The fraction of sp³-hybridized carbons (Fsp3) is 0.529. The number of piperidine rings is 1. The van der Waals surface area contributed by atoms with E-state index in [1.54, 1.807) is 4.68 Å². The molecular weight excluding hydrogens is 292 g/mol. The summed E-state index contributed by atoms with van der Waals surface area (Å²) in [6.07, 6.45) is 0.815. The predicted molar refractivity (Wildman–Crippen MR) is 89.3 cm³/mol. The number of aliphatic hydroxyl groups is 1. The van der Waals surface area contributed by atoms with Crippen molar-refractivity contribution in [3.63, 3.8) is 0 Å². The maximum absolute atomic E-state index is 13.0. The van der Waals surface area contributed by atoms with Crippen molar-refractivity contribution in [1.29, 1.82) is 0 Å². The molecule has 1 aliphatic heterocycles. The molecule has 0 saturated carbocycles. The topological polar surface area (TPSA) is 61.6 Å². The van der Waals surface area contributed by atoms with Crippen LogP contribution in [0.2, 0.25) is 0 Å². The van der Waals surface area contributed by atoms with Crippen molar-refractivity contribution in [2.24, 2.45) is 13.0 Å². The average molecular weight is 316 g/mol. The van der Waals surface area contributed by atoms with E-state index in [9.17, 15) is 9.90 Å². The van der Waals surface area contributed by atoms with Crippen molar-refractivity contribution in [2.45, 2.75) is 12.5 Å². The highest BCUT2D eigenvalue weighted by Crippen LogP contribution is 2.24. The Morgan fingerprint density at radius 2 is 2.13 bits per heavy atom. The van der Waals surface area contributed by atoms with Gasteiger partial charge in [-0.15, -0.1) is 0 Å². The summed E-state index contributed by atoms with van der Waals surface area (Å²) in [5.41, 5.74) is 1.48. The first-order valence-electron chi connectivity index (χ1n) is 8.01. The van der Waals surface area contributed by atoms with E-state index in [1.165, 1.54) is 0 Å². The lowest BCUT2D eigenvalue weighted by molar-refractivity contribution is 0.0376. The smallest absolute Gasteiger partial charge is 0.275 e. The van der Waals surface area contributed by atoms with Crippen molar-refractivity contribution in [1.82, 2.24) is 19.6 Å². The summed E-state index contributed by atoms with van der Waals surface area (Å²) in [5.74, 6) is 0.194. The number of amides is 1. The summed E-state index contributed by atoms with van der Waals surface area (Å²) < 4.78 is 1.76. The van der Waals surface area contributed by atoms with Crippen LogP contribution in [0.1, 0.15) is 16.9 Å². The zero-order valence-corrected chi connectivity index (χ0v) is 13.9. The zero-order chi connectivity index (χ0) is 16.6. The van der Waals surface area contributed by atoms with Gasteiger partial charge in [0, 0.05) is 44.1 Å². The van der Waals surface area contributed by atoms with E-state index in [2.05, 4.69) is 10.00 Å². The Labute approximate surface area is 136 Å². The first-order valence-corrected chi connectivity index (χ1v) is 8.01. The van der Waals surface area contributed by atoms with E-state index in [0.29, 0.717) is 18.8 Å². The summed E-state index contributed by atoms with van der Waals surface area (Å²) in [6, 6.07) is 7.97. The highest BCUT2D eigenvalue weighted by Gasteiger charge is 2.33. The quantitative estimate of drug-likeness (QED) is 0.916. The molecule has 23 heavy (non-hydrogen) atoms. The van der Waals surface area contributed by atoms with Crippen molar-refractivity contribution < 1.29 is 9.90 Å². The van der Waals surface area contributed by atoms with Crippen LogP contribution in [0.3, 0.4) is 0 Å². The fourth-order valence-electron chi connectivity index (χ4n) is 3.48. The number of fused-ring (bicyclic) bond motifs is 1. The minimum Gasteiger partial charge on any atom is -0.396 e. The molecule has 1 aromatic heterocycles. The van der Waals surface area contributed by atoms with Gasteiger partial charge in [0.25, 0.3) is 5.91 Å². The number of aliphatic hydroxyl groups excluding tert-OH is 1. The van der Waals surface area contributed by atoms with E-state index >= 15 is 0 Å². The van der Waals surface area contributed by atoms with Gasteiger partial charge in [0.15, 0.2) is 5.69 Å². The number of likely N-dealkylation sites (N-methyl/N-ethyl adjacent to an activating group) is 1. The maximum atomic E-state index is 13.0. The largest absolute Gasteiger partial charge is 0.396 e. The summed E-state index contributed by atoms with van der Waals surface area (Å²) >= 11 is 0. The molecule has 2 atom stereocenters. The molecule has 2 heterocycles. The van der Waals surface area contributed by atoms with E-state index in [1.807, 2.05) is 50.3 Å². The Morgan fingerprint density at radius 3 is 2.83 bits per heavy atom. The number of benzene rings is 1. The van der Waals surface area contributed by atoms with Crippen LogP contribution in [-0.2, 0) is 7.05 Å². The van der Waals surface area contributed by atoms with Crippen molar-refractivity contribution in [3.05, 3.63) is 30.0 Å². The van der Waals surface area contributed by atoms with Crippen LogP contribution in [0.25, 0.3) is 10.9 Å². The summed E-state index contributed by atoms with van der Waals surface area (Å²) in [7, 11) is 5.86. The molecule has 2 aromatic rings. The summed E-state index contributed by atoms with van der Waals surface area (Å²) in [4.78, 5) is 16.9. The minimum absolute atomic E-state index is 0.0231. The molecule has 1 saturated heterocycles. The average Bonchev–Trinajstić information content (AvgIpc) is 2.91. The molecule has 0 bridgehead atoms. The number of aryl methyl sites for hydroxylation is 1. The Morgan fingerprint density at radius 1 is 1.39 bits per heavy atom. The van der Waals surface area contributed by atoms with Gasteiger partial charge in [-0.3, -0.25) is 9.48 Å². The highest BCUT2D eigenvalue weighted by atomic mass is 16.3. The molecule has 1 aliphatic rings. The number of para-hydroxylation sites is 1. The Kier molecular flexibility index (Phi) is 4.37. The van der Waals surface area contributed by atoms with Crippen LogP contribution in [-0.4, -0.2) is 70.4 Å². The minimum atomic E-state index is -0.0231. The number of nitrogens with zero attached hydrogens (tertiary/aromatic N) is 4. The molecule has 6 heteroatoms. The fourth-order valence-corrected chi connectivity index (χ4v) is 3.48. The van der Waals surface area contributed by atoms with Gasteiger partial charge >= 0.3 is 0 Å². The normalized spacial score (nSPS) is 22.0. The van der Waals surface area contributed by atoms with Gasteiger partial charge in [-0.1, -0.05) is 18.2 Å². The molecule has 1 amide bonds. The third-order valence-electron chi connectivity index (χ3n) is 4.87. The monoisotopic (exact) mass is 316 g/mol. The molecule has 0 spiro atoms. The van der Waals surface area contributed by atoms with Gasteiger partial charge in [0.05, 0.1) is 5.52 Å². The second kappa shape index (κ2) is 6.29. The Balaban J connectivity index is 1.88. The second-order valence-electron chi connectivity index (χ2n) is 6.50. The third-order valence-corrected chi connectivity index (χ3v) is 4.87. The van der Waals surface area contributed by atoms with Crippen molar-refractivity contribution in [2.75, 3.05) is 33.8 Å². The molecule has 1 aromatic carbocycles. The number of hydrogen-bond acceptors (Lipinski definition) is 4. The molecule has 0 aliphatic carbocycles. The van der Waals surface area contributed by atoms with Crippen LogP contribution in [0.15, 0.2) is 24.3 Å². The zero-order valence-electron chi connectivity index (χ0n) is 13.9. The maximum Gasteiger partial charge on any atom is 0.275 e. The van der Waals surface area contributed by atoms with Gasteiger partial charge < -0.3 is 14.9 Å².